The number of ether oxygens (including phenoxy) is 1. The number of rotatable bonds is 2. The minimum absolute atomic E-state index is 0.0712. The highest BCUT2D eigenvalue weighted by Gasteiger charge is 2.08. The molecule has 0 radical (unpaired) electrons. The van der Waals surface area contributed by atoms with E-state index in [1.54, 1.807) is 0 Å². The van der Waals surface area contributed by atoms with Crippen LogP contribution in [0.3, 0.4) is 0 Å². The van der Waals surface area contributed by atoms with E-state index >= 15 is 0 Å². The molecule has 0 saturated heterocycles. The van der Waals surface area contributed by atoms with Gasteiger partial charge in [-0.05, 0) is 13.8 Å². The minimum atomic E-state index is -0.581. The van der Waals surface area contributed by atoms with Gasteiger partial charge in [0.15, 0.2) is 0 Å². The summed E-state index contributed by atoms with van der Waals surface area (Å²) in [5, 5.41) is 8.64. The van der Waals surface area contributed by atoms with Crippen LogP contribution in [0.1, 0.15) is 19.9 Å². The fourth-order valence-corrected chi connectivity index (χ4v) is 2.39. The second-order valence-corrected chi connectivity index (χ2v) is 4.58. The van der Waals surface area contributed by atoms with Crippen LogP contribution in [0.4, 0.5) is 0 Å². The van der Waals surface area contributed by atoms with E-state index in [4.69, 9.17) is 5.26 Å². The summed E-state index contributed by atoms with van der Waals surface area (Å²) in [5.74, 6) is -0.581. The summed E-state index contributed by atoms with van der Waals surface area (Å²) in [5.41, 5.74) is -0.281. The van der Waals surface area contributed by atoms with Crippen molar-refractivity contribution in [2.75, 3.05) is 7.11 Å². The zero-order chi connectivity index (χ0) is 13.0. The van der Waals surface area contributed by atoms with Crippen LogP contribution in [0.25, 0.3) is 12.2 Å². The molecule has 0 aliphatic carbocycles. The normalized spacial score (nSPS) is 12.9. The molecule has 0 fully saturated rings. The molecule has 1 heterocycles. The van der Waals surface area contributed by atoms with Gasteiger partial charge in [0.1, 0.15) is 9.20 Å². The smallest absolute Gasteiger partial charge is 0.332 e. The van der Waals surface area contributed by atoms with Gasteiger partial charge < -0.3 is 4.74 Å². The van der Waals surface area contributed by atoms with Gasteiger partial charge in [-0.1, -0.05) is 0 Å². The summed E-state index contributed by atoms with van der Waals surface area (Å²) in [6.07, 6.45) is 2.43. The van der Waals surface area contributed by atoms with E-state index in [-0.39, 0.29) is 16.1 Å². The number of methoxy groups -OCH3 is 1. The molecule has 0 aliphatic heterocycles. The Morgan fingerprint density at radius 2 is 2.24 bits per heavy atom. The highest BCUT2D eigenvalue weighted by Crippen LogP contribution is 1.94. The molecule has 0 unspecified atom stereocenters. The SMILES string of the molecule is COC(=O)/C=c1/s/c(=C\C#N)n(C(C)C)c1=O. The molecule has 17 heavy (non-hydrogen) atoms. The van der Waals surface area contributed by atoms with Crippen molar-refractivity contribution in [2.45, 2.75) is 19.9 Å². The lowest BCUT2D eigenvalue weighted by atomic mass is 10.4. The van der Waals surface area contributed by atoms with Crippen molar-refractivity contribution in [3.05, 3.63) is 19.5 Å². The van der Waals surface area contributed by atoms with E-state index in [0.717, 1.165) is 17.4 Å². The fourth-order valence-electron chi connectivity index (χ4n) is 1.32. The molecule has 0 saturated carbocycles. The number of nitriles is 1. The average Bonchev–Trinajstić information content (AvgIpc) is 2.56. The van der Waals surface area contributed by atoms with Crippen LogP contribution in [0, 0.1) is 11.3 Å². The van der Waals surface area contributed by atoms with Crippen LogP contribution in [0.2, 0.25) is 0 Å². The van der Waals surface area contributed by atoms with E-state index in [0.29, 0.717) is 4.66 Å². The molecule has 0 N–H and O–H groups in total. The number of hydrogen-bond acceptors (Lipinski definition) is 5. The second kappa shape index (κ2) is 5.46. The third-order valence-corrected chi connectivity index (χ3v) is 3.07. The van der Waals surface area contributed by atoms with Crippen LogP contribution in [0.5, 0.6) is 0 Å². The van der Waals surface area contributed by atoms with Gasteiger partial charge in [0, 0.05) is 18.2 Å². The first-order valence-corrected chi connectivity index (χ1v) is 5.73. The topological polar surface area (TPSA) is 72.1 Å². The molecular formula is C11H12N2O3S. The highest BCUT2D eigenvalue weighted by molar-refractivity contribution is 7.07. The van der Waals surface area contributed by atoms with Gasteiger partial charge >= 0.3 is 5.97 Å². The zero-order valence-corrected chi connectivity index (χ0v) is 10.6. The first-order chi connectivity index (χ1) is 8.01. The van der Waals surface area contributed by atoms with Gasteiger partial charge in [0.25, 0.3) is 5.56 Å². The van der Waals surface area contributed by atoms with Crippen LogP contribution >= 0.6 is 11.3 Å². The number of aromatic nitrogens is 1. The van der Waals surface area contributed by atoms with Gasteiger partial charge in [-0.2, -0.15) is 5.26 Å². The Morgan fingerprint density at radius 3 is 2.71 bits per heavy atom. The average molecular weight is 252 g/mol. The van der Waals surface area contributed by atoms with Crippen LogP contribution in [-0.2, 0) is 9.53 Å². The van der Waals surface area contributed by atoms with E-state index in [1.807, 2.05) is 19.9 Å². The summed E-state index contributed by atoms with van der Waals surface area (Å²) in [6.45, 7) is 3.68. The first kappa shape index (κ1) is 13.2. The molecule has 0 bridgehead atoms. The van der Waals surface area contributed by atoms with Crippen molar-refractivity contribution in [1.82, 2.24) is 4.57 Å². The second-order valence-electron chi connectivity index (χ2n) is 3.51. The lowest BCUT2D eigenvalue weighted by Gasteiger charge is -2.03. The standard InChI is InChI=1S/C11H12N2O3S/c1-7(2)13-9(4-5-12)17-8(11(13)15)6-10(14)16-3/h4,6-7H,1-3H3/b8-6+,9-4-. The molecule has 6 heteroatoms. The largest absolute Gasteiger partial charge is 0.466 e. The fraction of sp³-hybridized carbons (Fsp3) is 0.364. The Hall–Kier alpha value is -1.87. The maximum atomic E-state index is 12.0. The Bertz CT molecular complexity index is 631. The maximum Gasteiger partial charge on any atom is 0.332 e. The predicted molar refractivity (Wildman–Crippen MR) is 64.8 cm³/mol. The molecule has 0 spiro atoms. The van der Waals surface area contributed by atoms with Gasteiger partial charge in [-0.15, -0.1) is 11.3 Å². The van der Waals surface area contributed by atoms with Crippen LogP contribution in [-0.4, -0.2) is 17.6 Å². The maximum absolute atomic E-state index is 12.0. The monoisotopic (exact) mass is 252 g/mol. The minimum Gasteiger partial charge on any atom is -0.466 e. The number of carbonyl (C=O) groups excluding carboxylic acids is 1. The van der Waals surface area contributed by atoms with Gasteiger partial charge in [0.05, 0.1) is 13.2 Å². The number of thiazole rings is 1. The molecule has 5 nitrogen and oxygen atoms in total. The zero-order valence-electron chi connectivity index (χ0n) is 9.76. The van der Waals surface area contributed by atoms with Crippen molar-refractivity contribution in [3.63, 3.8) is 0 Å². The Kier molecular flexibility index (Phi) is 4.24. The quantitative estimate of drug-likeness (QED) is 0.680. The van der Waals surface area contributed by atoms with Gasteiger partial charge in [-0.3, -0.25) is 9.36 Å². The third kappa shape index (κ3) is 2.82. The molecular weight excluding hydrogens is 240 g/mol. The van der Waals surface area contributed by atoms with Crippen molar-refractivity contribution >= 4 is 29.5 Å². The number of esters is 1. The Balaban J connectivity index is 3.61. The van der Waals surface area contributed by atoms with Crippen LogP contribution in [0.15, 0.2) is 4.79 Å². The van der Waals surface area contributed by atoms with E-state index in [1.165, 1.54) is 17.8 Å². The molecule has 0 aliphatic rings. The molecule has 90 valence electrons. The molecule has 0 aromatic carbocycles. The lowest BCUT2D eigenvalue weighted by molar-refractivity contribution is -0.133. The van der Waals surface area contributed by atoms with Gasteiger partial charge in [-0.25, -0.2) is 4.79 Å². The van der Waals surface area contributed by atoms with Crippen molar-refractivity contribution in [1.29, 1.82) is 5.26 Å². The molecule has 1 aromatic rings. The summed E-state index contributed by atoms with van der Waals surface area (Å²) in [6, 6.07) is 1.81. The Labute approximate surface area is 102 Å². The molecule has 1 aromatic heterocycles. The Morgan fingerprint density at radius 1 is 1.59 bits per heavy atom. The summed E-state index contributed by atoms with van der Waals surface area (Å²) < 4.78 is 6.74. The van der Waals surface area contributed by atoms with Crippen LogP contribution < -0.4 is 14.8 Å². The third-order valence-electron chi connectivity index (χ3n) is 2.04. The van der Waals surface area contributed by atoms with Crippen molar-refractivity contribution in [3.8, 4) is 6.07 Å². The van der Waals surface area contributed by atoms with Crippen molar-refractivity contribution in [2.24, 2.45) is 0 Å². The molecule has 0 atom stereocenters. The predicted octanol–water partition coefficient (Wildman–Crippen LogP) is -0.252. The number of carbonyl (C=O) groups is 1. The molecule has 0 amide bonds. The summed E-state index contributed by atoms with van der Waals surface area (Å²) >= 11 is 1.10. The summed E-state index contributed by atoms with van der Waals surface area (Å²) in [7, 11) is 1.25. The number of hydrogen-bond donors (Lipinski definition) is 0. The first-order valence-electron chi connectivity index (χ1n) is 4.92. The highest BCUT2D eigenvalue weighted by atomic mass is 32.1. The summed E-state index contributed by atoms with van der Waals surface area (Å²) in [4.78, 5) is 23.0. The lowest BCUT2D eigenvalue weighted by Crippen LogP contribution is -2.33. The number of nitrogens with zero attached hydrogens (tertiary/aromatic N) is 2. The van der Waals surface area contributed by atoms with E-state index < -0.39 is 5.97 Å². The van der Waals surface area contributed by atoms with Crippen molar-refractivity contribution < 1.29 is 9.53 Å². The molecule has 1 rings (SSSR count). The van der Waals surface area contributed by atoms with E-state index in [9.17, 15) is 9.59 Å². The van der Waals surface area contributed by atoms with E-state index in [2.05, 4.69) is 4.74 Å². The van der Waals surface area contributed by atoms with Gasteiger partial charge in [0.2, 0.25) is 0 Å².